The highest BCUT2D eigenvalue weighted by atomic mass is 32.2. The molecule has 1 aliphatic rings. The van der Waals surface area contributed by atoms with Crippen LogP contribution in [0.5, 0.6) is 5.75 Å². The maximum atomic E-state index is 12.4. The summed E-state index contributed by atoms with van der Waals surface area (Å²) in [4.78, 5) is 0.355. The molecule has 5 heteroatoms. The molecule has 1 aromatic rings. The largest absolute Gasteiger partial charge is 0.495 e. The molecule has 94 valence electrons. The van der Waals surface area contributed by atoms with Crippen molar-refractivity contribution < 1.29 is 13.2 Å². The molecule has 0 bridgehead atoms. The predicted octanol–water partition coefficient (Wildman–Crippen LogP) is 1.52. The Morgan fingerprint density at radius 3 is 2.65 bits per heavy atom. The fraction of sp³-hybridized carbons (Fsp3) is 0.500. The zero-order valence-electron chi connectivity index (χ0n) is 10.2. The minimum atomic E-state index is -3.29. The van der Waals surface area contributed by atoms with Crippen LogP contribution >= 0.6 is 0 Å². The summed E-state index contributed by atoms with van der Waals surface area (Å²) < 4.78 is 30.1. The Kier molecular flexibility index (Phi) is 3.14. The van der Waals surface area contributed by atoms with Crippen LogP contribution < -0.4 is 10.1 Å². The van der Waals surface area contributed by atoms with Gasteiger partial charge in [-0.2, -0.15) is 0 Å². The van der Waals surface area contributed by atoms with Gasteiger partial charge >= 0.3 is 0 Å². The van der Waals surface area contributed by atoms with Crippen LogP contribution in [0.25, 0.3) is 0 Å². The summed E-state index contributed by atoms with van der Waals surface area (Å²) in [6.45, 7) is 1.89. The number of hydrogen-bond donors (Lipinski definition) is 1. The number of hydrogen-bond acceptors (Lipinski definition) is 4. The Morgan fingerprint density at radius 1 is 1.41 bits per heavy atom. The second kappa shape index (κ2) is 4.31. The normalized spacial score (nSPS) is 25.6. The van der Waals surface area contributed by atoms with Gasteiger partial charge in [-0.1, -0.05) is 19.1 Å². The van der Waals surface area contributed by atoms with E-state index in [1.54, 1.807) is 13.1 Å². The van der Waals surface area contributed by atoms with Gasteiger partial charge in [0.05, 0.1) is 18.4 Å². The van der Waals surface area contributed by atoms with E-state index in [1.165, 1.54) is 7.11 Å². The molecule has 0 spiro atoms. The minimum Gasteiger partial charge on any atom is -0.495 e. The average Bonchev–Trinajstić information content (AvgIpc) is 2.56. The monoisotopic (exact) mass is 255 g/mol. The number of sulfone groups is 1. The molecule has 4 nitrogen and oxygen atoms in total. The van der Waals surface area contributed by atoms with Crippen molar-refractivity contribution in [1.29, 1.82) is 0 Å². The van der Waals surface area contributed by atoms with E-state index in [2.05, 4.69) is 5.32 Å². The second-order valence-electron chi connectivity index (χ2n) is 4.14. The van der Waals surface area contributed by atoms with Crippen LogP contribution in [0.4, 0.5) is 0 Å². The van der Waals surface area contributed by atoms with E-state index >= 15 is 0 Å². The van der Waals surface area contributed by atoms with E-state index in [0.717, 1.165) is 5.56 Å². The van der Waals surface area contributed by atoms with Gasteiger partial charge in [0.1, 0.15) is 10.6 Å². The highest BCUT2D eigenvalue weighted by Crippen LogP contribution is 2.44. The molecule has 1 heterocycles. The molecule has 1 aromatic carbocycles. The molecule has 0 radical (unpaired) electrons. The Balaban J connectivity index is 2.71. The summed E-state index contributed by atoms with van der Waals surface area (Å²) in [7, 11) is -0.0000798. The highest BCUT2D eigenvalue weighted by molar-refractivity contribution is 7.92. The number of ether oxygens (including phenoxy) is 1. The molecule has 1 N–H and O–H groups in total. The second-order valence-corrected chi connectivity index (χ2v) is 6.24. The number of methoxy groups -OCH3 is 1. The first-order valence-electron chi connectivity index (χ1n) is 5.66. The Bertz CT molecular complexity index is 525. The van der Waals surface area contributed by atoms with E-state index in [1.807, 2.05) is 19.1 Å². The predicted molar refractivity (Wildman–Crippen MR) is 66.1 cm³/mol. The third-order valence-corrected chi connectivity index (χ3v) is 5.74. The summed E-state index contributed by atoms with van der Waals surface area (Å²) >= 11 is 0. The SMILES string of the molecule is CCC1C(NC)c2cccc(OC)c2S1(=O)=O. The molecule has 0 aliphatic carbocycles. The lowest BCUT2D eigenvalue weighted by atomic mass is 10.0. The van der Waals surface area contributed by atoms with Crippen molar-refractivity contribution >= 4 is 9.84 Å². The van der Waals surface area contributed by atoms with Crippen molar-refractivity contribution in [2.24, 2.45) is 0 Å². The minimum absolute atomic E-state index is 0.143. The van der Waals surface area contributed by atoms with Crippen LogP contribution in [0.3, 0.4) is 0 Å². The summed E-state index contributed by atoms with van der Waals surface area (Å²) in [5.41, 5.74) is 0.818. The molecule has 0 fully saturated rings. The Hall–Kier alpha value is -1.07. The number of benzene rings is 1. The quantitative estimate of drug-likeness (QED) is 0.889. The van der Waals surface area contributed by atoms with Crippen molar-refractivity contribution in [3.05, 3.63) is 23.8 Å². The maximum Gasteiger partial charge on any atom is 0.187 e. The molecular weight excluding hydrogens is 238 g/mol. The van der Waals surface area contributed by atoms with Gasteiger partial charge in [-0.05, 0) is 25.1 Å². The van der Waals surface area contributed by atoms with Gasteiger partial charge in [0.2, 0.25) is 0 Å². The highest BCUT2D eigenvalue weighted by Gasteiger charge is 2.45. The number of fused-ring (bicyclic) bond motifs is 1. The van der Waals surface area contributed by atoms with Gasteiger partial charge in [-0.25, -0.2) is 8.42 Å². The van der Waals surface area contributed by atoms with Crippen molar-refractivity contribution in [1.82, 2.24) is 5.32 Å². The molecule has 0 amide bonds. The van der Waals surface area contributed by atoms with Gasteiger partial charge < -0.3 is 10.1 Å². The topological polar surface area (TPSA) is 55.4 Å². The van der Waals surface area contributed by atoms with Gasteiger partial charge in [0, 0.05) is 0 Å². The van der Waals surface area contributed by atoms with Gasteiger partial charge in [0.25, 0.3) is 0 Å². The lowest BCUT2D eigenvalue weighted by Crippen LogP contribution is -2.28. The molecule has 0 saturated heterocycles. The standard InChI is InChI=1S/C12H17NO3S/c1-4-10-11(13-2)8-6-5-7-9(16-3)12(8)17(10,14)15/h5-7,10-11,13H,4H2,1-3H3. The summed E-state index contributed by atoms with van der Waals surface area (Å²) in [5, 5.41) is 2.69. The molecule has 1 aliphatic heterocycles. The first-order valence-corrected chi connectivity index (χ1v) is 7.20. The van der Waals surface area contributed by atoms with E-state index < -0.39 is 15.1 Å². The maximum absolute atomic E-state index is 12.4. The lowest BCUT2D eigenvalue weighted by molar-refractivity contribution is 0.402. The van der Waals surface area contributed by atoms with Crippen molar-refractivity contribution in [2.75, 3.05) is 14.2 Å². The van der Waals surface area contributed by atoms with Crippen molar-refractivity contribution in [2.45, 2.75) is 29.5 Å². The third kappa shape index (κ3) is 1.65. The lowest BCUT2D eigenvalue weighted by Gasteiger charge is -2.16. The number of rotatable bonds is 3. The van der Waals surface area contributed by atoms with Crippen LogP contribution in [0.15, 0.2) is 23.1 Å². The van der Waals surface area contributed by atoms with Crippen LogP contribution in [0.1, 0.15) is 24.9 Å². The molecule has 0 saturated carbocycles. The molecule has 2 rings (SSSR count). The first-order chi connectivity index (χ1) is 8.07. The number of nitrogens with one attached hydrogen (secondary N) is 1. The van der Waals surface area contributed by atoms with Gasteiger partial charge in [-0.15, -0.1) is 0 Å². The zero-order valence-corrected chi connectivity index (χ0v) is 11.0. The first kappa shape index (κ1) is 12.4. The molecule has 17 heavy (non-hydrogen) atoms. The smallest absolute Gasteiger partial charge is 0.187 e. The fourth-order valence-corrected chi connectivity index (χ4v) is 4.91. The van der Waals surface area contributed by atoms with Crippen LogP contribution in [-0.4, -0.2) is 27.8 Å². The molecule has 0 aromatic heterocycles. The third-order valence-electron chi connectivity index (χ3n) is 3.33. The summed E-state index contributed by atoms with van der Waals surface area (Å²) in [6.07, 6.45) is 0.589. The zero-order chi connectivity index (χ0) is 12.6. The van der Waals surface area contributed by atoms with E-state index in [0.29, 0.717) is 17.1 Å². The van der Waals surface area contributed by atoms with Gasteiger partial charge in [0.15, 0.2) is 9.84 Å². The van der Waals surface area contributed by atoms with E-state index in [4.69, 9.17) is 4.74 Å². The molecular formula is C12H17NO3S. The Morgan fingerprint density at radius 2 is 2.12 bits per heavy atom. The van der Waals surface area contributed by atoms with Crippen LogP contribution in [-0.2, 0) is 9.84 Å². The van der Waals surface area contributed by atoms with E-state index in [9.17, 15) is 8.42 Å². The van der Waals surface area contributed by atoms with Crippen LogP contribution in [0, 0.1) is 0 Å². The fourth-order valence-electron chi connectivity index (χ4n) is 2.57. The van der Waals surface area contributed by atoms with Crippen molar-refractivity contribution in [3.8, 4) is 5.75 Å². The Labute approximate surface area is 102 Å². The van der Waals surface area contributed by atoms with E-state index in [-0.39, 0.29) is 6.04 Å². The molecule has 2 atom stereocenters. The molecule has 2 unspecified atom stereocenters. The summed E-state index contributed by atoms with van der Waals surface area (Å²) in [5.74, 6) is 0.443. The van der Waals surface area contributed by atoms with Crippen LogP contribution in [0.2, 0.25) is 0 Å². The average molecular weight is 255 g/mol. The summed E-state index contributed by atoms with van der Waals surface area (Å²) in [6, 6.07) is 5.23. The van der Waals surface area contributed by atoms with Gasteiger partial charge in [-0.3, -0.25) is 0 Å². The van der Waals surface area contributed by atoms with Crippen molar-refractivity contribution in [3.63, 3.8) is 0 Å².